The van der Waals surface area contributed by atoms with Crippen molar-refractivity contribution in [2.75, 3.05) is 18.5 Å². The number of benzene rings is 1. The number of nitrogens with zero attached hydrogens (tertiary/aromatic N) is 4. The number of aryl methyl sites for hydroxylation is 2. The molecule has 1 aromatic carbocycles. The van der Waals surface area contributed by atoms with Crippen LogP contribution in [0.15, 0.2) is 30.9 Å². The number of anilines is 1. The maximum absolute atomic E-state index is 12.5. The van der Waals surface area contributed by atoms with E-state index in [0.29, 0.717) is 11.5 Å². The molecule has 25 heavy (non-hydrogen) atoms. The molecule has 7 heteroatoms. The van der Waals surface area contributed by atoms with E-state index < -0.39 is 0 Å². The molecular formula is C18H20N6O. The molecule has 4 rings (SSSR count). The Kier molecular flexibility index (Phi) is 3.83. The number of hydrogen-bond donors (Lipinski definition) is 2. The quantitative estimate of drug-likeness (QED) is 0.760. The number of amides is 1. The van der Waals surface area contributed by atoms with Gasteiger partial charge in [0, 0.05) is 7.05 Å². The minimum absolute atomic E-state index is 0.0211. The van der Waals surface area contributed by atoms with Gasteiger partial charge in [-0.3, -0.25) is 4.79 Å². The van der Waals surface area contributed by atoms with Crippen molar-refractivity contribution in [3.05, 3.63) is 47.5 Å². The van der Waals surface area contributed by atoms with Crippen molar-refractivity contribution in [2.24, 2.45) is 0 Å². The molecule has 0 radical (unpaired) electrons. The van der Waals surface area contributed by atoms with E-state index in [2.05, 4.69) is 50.4 Å². The van der Waals surface area contributed by atoms with E-state index in [-0.39, 0.29) is 18.5 Å². The molecule has 0 fully saturated rings. The zero-order chi connectivity index (χ0) is 17.4. The third-order valence-electron chi connectivity index (χ3n) is 4.66. The summed E-state index contributed by atoms with van der Waals surface area (Å²) >= 11 is 0. The number of carbonyl (C=O) groups excluding carboxylic acids is 1. The molecule has 2 heterocycles. The lowest BCUT2D eigenvalue weighted by Gasteiger charge is -2.20. The van der Waals surface area contributed by atoms with Crippen LogP contribution in [-0.4, -0.2) is 39.4 Å². The number of aromatic amines is 1. The Morgan fingerprint density at radius 2 is 2.24 bits per heavy atom. The van der Waals surface area contributed by atoms with Gasteiger partial charge in [-0.05, 0) is 30.9 Å². The Labute approximate surface area is 145 Å². The summed E-state index contributed by atoms with van der Waals surface area (Å²) in [6.07, 6.45) is 5.00. The van der Waals surface area contributed by atoms with Crippen molar-refractivity contribution in [3.8, 4) is 0 Å². The average Bonchev–Trinajstić information content (AvgIpc) is 3.21. The molecule has 7 nitrogen and oxygen atoms in total. The summed E-state index contributed by atoms with van der Waals surface area (Å²) in [6, 6.07) is 6.54. The Hall–Kier alpha value is -2.96. The largest absolute Gasteiger partial charge is 0.348 e. The van der Waals surface area contributed by atoms with E-state index in [4.69, 9.17) is 0 Å². The van der Waals surface area contributed by atoms with Crippen LogP contribution in [0.3, 0.4) is 0 Å². The van der Waals surface area contributed by atoms with Crippen molar-refractivity contribution < 1.29 is 4.79 Å². The monoisotopic (exact) mass is 336 g/mol. The molecule has 0 aliphatic heterocycles. The Bertz CT molecular complexity index is 934. The van der Waals surface area contributed by atoms with Gasteiger partial charge in [0.2, 0.25) is 5.91 Å². The molecule has 0 spiro atoms. The second-order valence-corrected chi connectivity index (χ2v) is 6.52. The SMILES string of the molecule is Cc1ccc2c(c1)CC[C@H]2NC(=O)CN(C)c1ncnc2nc[nH]c12. The summed E-state index contributed by atoms with van der Waals surface area (Å²) < 4.78 is 0. The molecule has 1 aliphatic carbocycles. The first-order valence-electron chi connectivity index (χ1n) is 8.36. The number of H-pyrrole nitrogens is 1. The maximum Gasteiger partial charge on any atom is 0.240 e. The molecule has 0 saturated carbocycles. The predicted molar refractivity (Wildman–Crippen MR) is 95.3 cm³/mol. The van der Waals surface area contributed by atoms with Crippen molar-refractivity contribution in [1.82, 2.24) is 25.3 Å². The molecular weight excluding hydrogens is 316 g/mol. The highest BCUT2D eigenvalue weighted by Gasteiger charge is 2.24. The molecule has 0 unspecified atom stereocenters. The van der Waals surface area contributed by atoms with Crippen LogP contribution >= 0.6 is 0 Å². The third kappa shape index (κ3) is 2.93. The van der Waals surface area contributed by atoms with Gasteiger partial charge >= 0.3 is 0 Å². The minimum atomic E-state index is -0.0211. The average molecular weight is 336 g/mol. The summed E-state index contributed by atoms with van der Waals surface area (Å²) in [4.78, 5) is 29.8. The Balaban J connectivity index is 1.46. The second kappa shape index (κ2) is 6.16. The first-order valence-corrected chi connectivity index (χ1v) is 8.36. The number of likely N-dealkylation sites (N-methyl/N-ethyl adjacent to an activating group) is 1. The zero-order valence-electron chi connectivity index (χ0n) is 14.3. The molecule has 2 N–H and O–H groups in total. The maximum atomic E-state index is 12.5. The lowest BCUT2D eigenvalue weighted by molar-refractivity contribution is -0.120. The number of hydrogen-bond acceptors (Lipinski definition) is 5. The van der Waals surface area contributed by atoms with Gasteiger partial charge in [-0.1, -0.05) is 23.8 Å². The van der Waals surface area contributed by atoms with Crippen LogP contribution in [0.2, 0.25) is 0 Å². The minimum Gasteiger partial charge on any atom is -0.348 e. The summed E-state index contributed by atoms with van der Waals surface area (Å²) in [5.74, 6) is 0.646. The van der Waals surface area contributed by atoms with E-state index in [1.807, 2.05) is 11.9 Å². The van der Waals surface area contributed by atoms with Gasteiger partial charge in [-0.15, -0.1) is 0 Å². The van der Waals surface area contributed by atoms with Gasteiger partial charge < -0.3 is 15.2 Å². The van der Waals surface area contributed by atoms with Gasteiger partial charge in [0.25, 0.3) is 0 Å². The van der Waals surface area contributed by atoms with Crippen LogP contribution in [0.5, 0.6) is 0 Å². The van der Waals surface area contributed by atoms with Crippen LogP contribution in [0, 0.1) is 6.92 Å². The molecule has 2 aromatic heterocycles. The molecule has 1 aliphatic rings. The van der Waals surface area contributed by atoms with Crippen molar-refractivity contribution >= 4 is 22.9 Å². The van der Waals surface area contributed by atoms with Crippen LogP contribution in [-0.2, 0) is 11.2 Å². The highest BCUT2D eigenvalue weighted by molar-refractivity contribution is 5.87. The topological polar surface area (TPSA) is 86.8 Å². The van der Waals surface area contributed by atoms with Crippen LogP contribution in [0.25, 0.3) is 11.2 Å². The fraction of sp³-hybridized carbons (Fsp3) is 0.333. The fourth-order valence-corrected chi connectivity index (χ4v) is 3.47. The molecule has 0 saturated heterocycles. The first-order chi connectivity index (χ1) is 12.1. The fourth-order valence-electron chi connectivity index (χ4n) is 3.47. The number of aromatic nitrogens is 4. The molecule has 3 aromatic rings. The van der Waals surface area contributed by atoms with Gasteiger partial charge in [0.1, 0.15) is 11.8 Å². The van der Waals surface area contributed by atoms with Crippen LogP contribution in [0.4, 0.5) is 5.82 Å². The van der Waals surface area contributed by atoms with Gasteiger partial charge in [-0.2, -0.15) is 0 Å². The summed E-state index contributed by atoms with van der Waals surface area (Å²) in [5, 5.41) is 3.15. The van der Waals surface area contributed by atoms with Crippen LogP contribution < -0.4 is 10.2 Å². The summed E-state index contributed by atoms with van der Waals surface area (Å²) in [6.45, 7) is 2.32. The normalized spacial score (nSPS) is 16.0. The number of imidazole rings is 1. The predicted octanol–water partition coefficient (Wildman–Crippen LogP) is 1.90. The van der Waals surface area contributed by atoms with E-state index in [9.17, 15) is 4.79 Å². The highest BCUT2D eigenvalue weighted by Crippen LogP contribution is 2.31. The van der Waals surface area contributed by atoms with E-state index in [1.54, 1.807) is 6.33 Å². The van der Waals surface area contributed by atoms with E-state index in [0.717, 1.165) is 18.4 Å². The Morgan fingerprint density at radius 1 is 1.36 bits per heavy atom. The van der Waals surface area contributed by atoms with Crippen LogP contribution in [0.1, 0.15) is 29.2 Å². The molecule has 0 bridgehead atoms. The molecule has 1 atom stereocenters. The second-order valence-electron chi connectivity index (χ2n) is 6.52. The number of carbonyl (C=O) groups is 1. The smallest absolute Gasteiger partial charge is 0.240 e. The molecule has 1 amide bonds. The van der Waals surface area contributed by atoms with Gasteiger partial charge in [-0.25, -0.2) is 15.0 Å². The third-order valence-corrected chi connectivity index (χ3v) is 4.66. The van der Waals surface area contributed by atoms with Gasteiger partial charge in [0.05, 0.1) is 18.9 Å². The standard InChI is InChI=1S/C18H20N6O/c1-11-3-5-13-12(7-11)4-6-14(13)23-15(25)8-24(2)18-16-17(20-9-19-16)21-10-22-18/h3,5,7,9-10,14H,4,6,8H2,1-2H3,(H,23,25)(H,19,20,21,22)/t14-/m1/s1. The van der Waals surface area contributed by atoms with Gasteiger partial charge in [0.15, 0.2) is 11.5 Å². The van der Waals surface area contributed by atoms with Crippen molar-refractivity contribution in [2.45, 2.75) is 25.8 Å². The number of fused-ring (bicyclic) bond motifs is 2. The van der Waals surface area contributed by atoms with Crippen molar-refractivity contribution in [3.63, 3.8) is 0 Å². The van der Waals surface area contributed by atoms with E-state index in [1.165, 1.54) is 23.0 Å². The summed E-state index contributed by atoms with van der Waals surface area (Å²) in [7, 11) is 1.84. The summed E-state index contributed by atoms with van der Waals surface area (Å²) in [5.41, 5.74) is 5.17. The first kappa shape index (κ1) is 15.6. The number of rotatable bonds is 4. The Morgan fingerprint density at radius 3 is 3.12 bits per heavy atom. The molecule has 128 valence electrons. The lowest BCUT2D eigenvalue weighted by atomic mass is 10.1. The van der Waals surface area contributed by atoms with Crippen molar-refractivity contribution in [1.29, 1.82) is 0 Å². The number of nitrogens with one attached hydrogen (secondary N) is 2. The lowest BCUT2D eigenvalue weighted by Crippen LogP contribution is -2.37. The zero-order valence-corrected chi connectivity index (χ0v) is 14.3. The highest BCUT2D eigenvalue weighted by atomic mass is 16.2. The van der Waals surface area contributed by atoms with E-state index >= 15 is 0 Å².